The second-order valence-electron chi connectivity index (χ2n) is 3.78. The standard InChI is InChI=1S/C10H13Br3S/c1-5(2)6(3)9(12)8-4-7(11)10(13)14-8/h4-6,9H,1-3H3. The maximum absolute atomic E-state index is 3.77. The SMILES string of the molecule is CC(C)C(C)C(Br)c1cc(Br)c(Br)s1. The molecule has 0 bridgehead atoms. The zero-order valence-corrected chi connectivity index (χ0v) is 13.9. The molecule has 14 heavy (non-hydrogen) atoms. The van der Waals surface area contributed by atoms with Crippen molar-refractivity contribution in [1.82, 2.24) is 0 Å². The van der Waals surface area contributed by atoms with Crippen LogP contribution in [0, 0.1) is 11.8 Å². The first-order chi connectivity index (χ1) is 6.43. The first-order valence-electron chi connectivity index (χ1n) is 4.52. The van der Waals surface area contributed by atoms with Gasteiger partial charge in [-0.05, 0) is 49.8 Å². The van der Waals surface area contributed by atoms with Crippen molar-refractivity contribution < 1.29 is 0 Å². The molecule has 2 unspecified atom stereocenters. The molecule has 4 heteroatoms. The van der Waals surface area contributed by atoms with E-state index < -0.39 is 0 Å². The number of hydrogen-bond donors (Lipinski definition) is 0. The van der Waals surface area contributed by atoms with Gasteiger partial charge in [0.05, 0.1) is 8.61 Å². The van der Waals surface area contributed by atoms with Crippen LogP contribution in [-0.2, 0) is 0 Å². The molecule has 0 fully saturated rings. The zero-order valence-electron chi connectivity index (χ0n) is 8.35. The fourth-order valence-electron chi connectivity index (χ4n) is 1.10. The predicted molar refractivity (Wildman–Crippen MR) is 75.4 cm³/mol. The second kappa shape index (κ2) is 5.46. The van der Waals surface area contributed by atoms with E-state index in [2.05, 4.69) is 74.6 Å². The molecule has 80 valence electrons. The first-order valence-corrected chi connectivity index (χ1v) is 7.84. The van der Waals surface area contributed by atoms with Crippen LogP contribution in [-0.4, -0.2) is 0 Å². The quantitative estimate of drug-likeness (QED) is 0.542. The molecule has 0 saturated carbocycles. The minimum absolute atomic E-state index is 0.454. The molecule has 2 atom stereocenters. The fraction of sp³-hybridized carbons (Fsp3) is 0.600. The number of rotatable bonds is 3. The smallest absolute Gasteiger partial charge is 0.0843 e. The third-order valence-electron chi connectivity index (χ3n) is 2.45. The van der Waals surface area contributed by atoms with Gasteiger partial charge in [0, 0.05) is 9.35 Å². The molecular formula is C10H13Br3S. The normalized spacial score (nSPS) is 15.9. The molecule has 0 aliphatic rings. The average Bonchev–Trinajstić information content (AvgIpc) is 2.44. The third kappa shape index (κ3) is 3.06. The van der Waals surface area contributed by atoms with E-state index in [9.17, 15) is 0 Å². The second-order valence-corrected chi connectivity index (χ2v) is 8.02. The zero-order chi connectivity index (χ0) is 10.9. The summed E-state index contributed by atoms with van der Waals surface area (Å²) >= 11 is 12.6. The summed E-state index contributed by atoms with van der Waals surface area (Å²) in [6.07, 6.45) is 0. The van der Waals surface area contributed by atoms with Gasteiger partial charge in [0.15, 0.2) is 0 Å². The number of hydrogen-bond acceptors (Lipinski definition) is 1. The van der Waals surface area contributed by atoms with E-state index in [0.717, 1.165) is 4.47 Å². The lowest BCUT2D eigenvalue weighted by Gasteiger charge is -2.20. The Morgan fingerprint density at radius 3 is 2.14 bits per heavy atom. The van der Waals surface area contributed by atoms with Gasteiger partial charge in [-0.25, -0.2) is 0 Å². The molecule has 0 N–H and O–H groups in total. The third-order valence-corrected chi connectivity index (χ3v) is 7.42. The van der Waals surface area contributed by atoms with Gasteiger partial charge in [-0.15, -0.1) is 11.3 Å². The van der Waals surface area contributed by atoms with E-state index in [0.29, 0.717) is 16.7 Å². The maximum Gasteiger partial charge on any atom is 0.0843 e. The van der Waals surface area contributed by atoms with Crippen molar-refractivity contribution in [3.05, 3.63) is 19.2 Å². The van der Waals surface area contributed by atoms with Crippen molar-refractivity contribution in [2.24, 2.45) is 11.8 Å². The van der Waals surface area contributed by atoms with Gasteiger partial charge < -0.3 is 0 Å². The largest absolute Gasteiger partial charge is 0.131 e. The van der Waals surface area contributed by atoms with Crippen molar-refractivity contribution in [2.45, 2.75) is 25.6 Å². The van der Waals surface area contributed by atoms with Crippen LogP contribution in [0.15, 0.2) is 14.3 Å². The minimum Gasteiger partial charge on any atom is -0.131 e. The summed E-state index contributed by atoms with van der Waals surface area (Å²) in [4.78, 5) is 1.83. The number of halogens is 3. The Morgan fingerprint density at radius 2 is 1.79 bits per heavy atom. The molecule has 0 aromatic carbocycles. The predicted octanol–water partition coefficient (Wildman–Crippen LogP) is 6.00. The lowest BCUT2D eigenvalue weighted by atomic mass is 9.94. The molecule has 1 aromatic heterocycles. The van der Waals surface area contributed by atoms with Crippen LogP contribution in [0.3, 0.4) is 0 Å². The number of alkyl halides is 1. The highest BCUT2D eigenvalue weighted by atomic mass is 79.9. The molecule has 0 saturated heterocycles. The molecular weight excluding hydrogens is 392 g/mol. The summed E-state index contributed by atoms with van der Waals surface area (Å²) < 4.78 is 2.32. The lowest BCUT2D eigenvalue weighted by molar-refractivity contribution is 0.417. The summed E-state index contributed by atoms with van der Waals surface area (Å²) in [7, 11) is 0. The lowest BCUT2D eigenvalue weighted by Crippen LogP contribution is -2.09. The van der Waals surface area contributed by atoms with E-state index in [1.165, 1.54) is 8.66 Å². The summed E-state index contributed by atoms with van der Waals surface area (Å²) in [5.74, 6) is 1.34. The maximum atomic E-state index is 3.77. The van der Waals surface area contributed by atoms with Gasteiger partial charge >= 0.3 is 0 Å². The van der Waals surface area contributed by atoms with Gasteiger partial charge in [0.2, 0.25) is 0 Å². The summed E-state index contributed by atoms with van der Waals surface area (Å²) in [5.41, 5.74) is 0. The Balaban J connectivity index is 2.83. The van der Waals surface area contributed by atoms with Crippen LogP contribution in [0.5, 0.6) is 0 Å². The van der Waals surface area contributed by atoms with Gasteiger partial charge in [-0.2, -0.15) is 0 Å². The molecule has 0 radical (unpaired) electrons. The Kier molecular flexibility index (Phi) is 5.15. The highest BCUT2D eigenvalue weighted by Gasteiger charge is 2.21. The van der Waals surface area contributed by atoms with Crippen LogP contribution >= 0.6 is 59.1 Å². The summed E-state index contributed by atoms with van der Waals surface area (Å²) in [6.45, 7) is 6.80. The van der Waals surface area contributed by atoms with E-state index in [1.54, 1.807) is 11.3 Å². The summed E-state index contributed by atoms with van der Waals surface area (Å²) in [5, 5.41) is 0. The Hall–Kier alpha value is 1.14. The Labute approximate surface area is 115 Å². The van der Waals surface area contributed by atoms with E-state index >= 15 is 0 Å². The molecule has 1 heterocycles. The highest BCUT2D eigenvalue weighted by molar-refractivity contribution is 9.13. The summed E-state index contributed by atoms with van der Waals surface area (Å²) in [6, 6.07) is 2.19. The van der Waals surface area contributed by atoms with Crippen LogP contribution < -0.4 is 0 Å². The molecule has 1 rings (SSSR count). The molecule has 0 spiro atoms. The van der Waals surface area contributed by atoms with Gasteiger partial charge in [-0.3, -0.25) is 0 Å². The van der Waals surface area contributed by atoms with Crippen molar-refractivity contribution in [2.75, 3.05) is 0 Å². The number of thiophene rings is 1. The van der Waals surface area contributed by atoms with Crippen LogP contribution in [0.2, 0.25) is 0 Å². The highest BCUT2D eigenvalue weighted by Crippen LogP contribution is 2.43. The van der Waals surface area contributed by atoms with Crippen molar-refractivity contribution >= 4 is 59.1 Å². The van der Waals surface area contributed by atoms with Crippen molar-refractivity contribution in [3.8, 4) is 0 Å². The van der Waals surface area contributed by atoms with Gasteiger partial charge in [0.25, 0.3) is 0 Å². The minimum atomic E-state index is 0.454. The molecule has 0 amide bonds. The van der Waals surface area contributed by atoms with Crippen LogP contribution in [0.25, 0.3) is 0 Å². The fourth-order valence-corrected chi connectivity index (χ4v) is 4.30. The van der Waals surface area contributed by atoms with Crippen LogP contribution in [0.4, 0.5) is 0 Å². The molecule has 0 aliphatic heterocycles. The van der Waals surface area contributed by atoms with Gasteiger partial charge in [-0.1, -0.05) is 36.7 Å². The monoisotopic (exact) mass is 402 g/mol. The van der Waals surface area contributed by atoms with Crippen LogP contribution in [0.1, 0.15) is 30.5 Å². The molecule has 0 aliphatic carbocycles. The Morgan fingerprint density at radius 1 is 1.21 bits per heavy atom. The Bertz CT molecular complexity index is 287. The van der Waals surface area contributed by atoms with E-state index in [-0.39, 0.29) is 0 Å². The average molecular weight is 405 g/mol. The van der Waals surface area contributed by atoms with Gasteiger partial charge in [0.1, 0.15) is 0 Å². The first kappa shape index (κ1) is 13.2. The van der Waals surface area contributed by atoms with Crippen molar-refractivity contribution in [3.63, 3.8) is 0 Å². The van der Waals surface area contributed by atoms with E-state index in [4.69, 9.17) is 0 Å². The molecule has 0 nitrogen and oxygen atoms in total. The van der Waals surface area contributed by atoms with E-state index in [1.807, 2.05) is 0 Å². The van der Waals surface area contributed by atoms with Crippen molar-refractivity contribution in [1.29, 1.82) is 0 Å². The topological polar surface area (TPSA) is 0 Å². The molecule has 1 aromatic rings.